The first-order chi connectivity index (χ1) is 8.08. The van der Waals surface area contributed by atoms with Gasteiger partial charge in [-0.3, -0.25) is 4.79 Å². The SMILES string of the molecule is Cc1cc(C(=O)N(C)CCC#N)cc(NN)n1. The molecule has 0 aromatic carbocycles. The quantitative estimate of drug-likeness (QED) is 0.588. The van der Waals surface area contributed by atoms with E-state index in [0.717, 1.165) is 0 Å². The van der Waals surface area contributed by atoms with Crippen LogP contribution in [0.2, 0.25) is 0 Å². The van der Waals surface area contributed by atoms with E-state index in [-0.39, 0.29) is 5.91 Å². The number of carbonyl (C=O) groups is 1. The summed E-state index contributed by atoms with van der Waals surface area (Å²) in [5.41, 5.74) is 3.62. The molecule has 6 nitrogen and oxygen atoms in total. The number of pyridine rings is 1. The maximum Gasteiger partial charge on any atom is 0.253 e. The van der Waals surface area contributed by atoms with Gasteiger partial charge in [0.05, 0.1) is 12.5 Å². The second-order valence-corrected chi connectivity index (χ2v) is 3.66. The van der Waals surface area contributed by atoms with Crippen molar-refractivity contribution >= 4 is 11.7 Å². The summed E-state index contributed by atoms with van der Waals surface area (Å²) in [6, 6.07) is 5.27. The van der Waals surface area contributed by atoms with E-state index in [2.05, 4.69) is 10.4 Å². The monoisotopic (exact) mass is 233 g/mol. The van der Waals surface area contributed by atoms with Crippen LogP contribution in [0.15, 0.2) is 12.1 Å². The third kappa shape index (κ3) is 3.43. The van der Waals surface area contributed by atoms with Gasteiger partial charge in [0.25, 0.3) is 5.91 Å². The highest BCUT2D eigenvalue weighted by Crippen LogP contribution is 2.11. The summed E-state index contributed by atoms with van der Waals surface area (Å²) in [6.45, 7) is 2.19. The van der Waals surface area contributed by atoms with Gasteiger partial charge in [-0.2, -0.15) is 5.26 Å². The second kappa shape index (κ2) is 5.82. The molecule has 0 aliphatic heterocycles. The van der Waals surface area contributed by atoms with Gasteiger partial charge in [0, 0.05) is 24.8 Å². The van der Waals surface area contributed by atoms with Gasteiger partial charge in [0.1, 0.15) is 5.82 Å². The van der Waals surface area contributed by atoms with E-state index in [4.69, 9.17) is 11.1 Å². The van der Waals surface area contributed by atoms with Gasteiger partial charge >= 0.3 is 0 Å². The lowest BCUT2D eigenvalue weighted by Gasteiger charge is -2.16. The van der Waals surface area contributed by atoms with Gasteiger partial charge < -0.3 is 10.3 Å². The van der Waals surface area contributed by atoms with Gasteiger partial charge in [-0.05, 0) is 19.1 Å². The molecular formula is C11H15N5O. The molecule has 0 aliphatic rings. The highest BCUT2D eigenvalue weighted by molar-refractivity contribution is 5.94. The van der Waals surface area contributed by atoms with Crippen molar-refractivity contribution in [2.75, 3.05) is 19.0 Å². The van der Waals surface area contributed by atoms with Crippen molar-refractivity contribution in [3.05, 3.63) is 23.4 Å². The van der Waals surface area contributed by atoms with Crippen LogP contribution >= 0.6 is 0 Å². The Morgan fingerprint density at radius 3 is 2.94 bits per heavy atom. The first-order valence-electron chi connectivity index (χ1n) is 5.16. The van der Waals surface area contributed by atoms with E-state index < -0.39 is 0 Å². The lowest BCUT2D eigenvalue weighted by molar-refractivity contribution is 0.0798. The predicted octanol–water partition coefficient (Wildman–Crippen LogP) is 0.661. The van der Waals surface area contributed by atoms with Crippen LogP contribution in [0, 0.1) is 18.3 Å². The first-order valence-corrected chi connectivity index (χ1v) is 5.16. The lowest BCUT2D eigenvalue weighted by Crippen LogP contribution is -2.28. The molecule has 0 aliphatic carbocycles. The minimum atomic E-state index is -0.151. The Labute approximate surface area is 100 Å². The van der Waals surface area contributed by atoms with E-state index in [1.165, 1.54) is 4.90 Å². The number of rotatable bonds is 4. The lowest BCUT2D eigenvalue weighted by atomic mass is 10.2. The van der Waals surface area contributed by atoms with E-state index in [0.29, 0.717) is 30.0 Å². The highest BCUT2D eigenvalue weighted by atomic mass is 16.2. The van der Waals surface area contributed by atoms with Crippen molar-refractivity contribution < 1.29 is 4.79 Å². The van der Waals surface area contributed by atoms with Crippen molar-refractivity contribution in [3.63, 3.8) is 0 Å². The largest absolute Gasteiger partial charge is 0.341 e. The molecule has 0 bridgehead atoms. The number of aryl methyl sites for hydroxylation is 1. The van der Waals surface area contributed by atoms with E-state index in [1.54, 1.807) is 26.1 Å². The number of nitrogens with zero attached hydrogens (tertiary/aromatic N) is 3. The molecule has 0 radical (unpaired) electrons. The average molecular weight is 233 g/mol. The summed E-state index contributed by atoms with van der Waals surface area (Å²) in [6.07, 6.45) is 0.314. The fourth-order valence-electron chi connectivity index (χ4n) is 1.41. The summed E-state index contributed by atoms with van der Waals surface area (Å²) in [5.74, 6) is 5.56. The van der Waals surface area contributed by atoms with Crippen LogP contribution in [0.5, 0.6) is 0 Å². The number of aromatic nitrogens is 1. The van der Waals surface area contributed by atoms with Gasteiger partial charge in [0.2, 0.25) is 0 Å². The van der Waals surface area contributed by atoms with Gasteiger partial charge in [-0.15, -0.1) is 0 Å². The third-order valence-corrected chi connectivity index (χ3v) is 2.25. The number of hydrazine groups is 1. The Balaban J connectivity index is 2.88. The number of hydrogen-bond donors (Lipinski definition) is 2. The Morgan fingerprint density at radius 1 is 1.65 bits per heavy atom. The molecule has 90 valence electrons. The molecule has 0 saturated carbocycles. The van der Waals surface area contributed by atoms with Gasteiger partial charge in [0.15, 0.2) is 0 Å². The first kappa shape index (κ1) is 12.9. The Hall–Kier alpha value is -2.13. The summed E-state index contributed by atoms with van der Waals surface area (Å²) in [5, 5.41) is 8.47. The maximum absolute atomic E-state index is 12.0. The van der Waals surface area contributed by atoms with Crippen molar-refractivity contribution in [2.45, 2.75) is 13.3 Å². The average Bonchev–Trinajstić information content (AvgIpc) is 2.34. The number of carbonyl (C=O) groups excluding carboxylic acids is 1. The molecule has 1 heterocycles. The van der Waals surface area contributed by atoms with Crippen molar-refractivity contribution in [1.29, 1.82) is 5.26 Å². The zero-order valence-electron chi connectivity index (χ0n) is 9.90. The number of amides is 1. The summed E-state index contributed by atoms with van der Waals surface area (Å²) >= 11 is 0. The van der Waals surface area contributed by atoms with Crippen LogP contribution < -0.4 is 11.3 Å². The van der Waals surface area contributed by atoms with Crippen LogP contribution in [-0.4, -0.2) is 29.4 Å². The number of nitrogens with one attached hydrogen (secondary N) is 1. The Kier molecular flexibility index (Phi) is 4.43. The molecule has 1 amide bonds. The summed E-state index contributed by atoms with van der Waals surface area (Å²) in [7, 11) is 1.66. The number of anilines is 1. The molecule has 0 saturated heterocycles. The van der Waals surface area contributed by atoms with Crippen LogP contribution in [0.25, 0.3) is 0 Å². The fourth-order valence-corrected chi connectivity index (χ4v) is 1.41. The van der Waals surface area contributed by atoms with Gasteiger partial charge in [-0.1, -0.05) is 0 Å². The molecule has 6 heteroatoms. The maximum atomic E-state index is 12.0. The summed E-state index contributed by atoms with van der Waals surface area (Å²) in [4.78, 5) is 17.6. The zero-order valence-corrected chi connectivity index (χ0v) is 9.90. The van der Waals surface area contributed by atoms with Crippen LogP contribution in [0.1, 0.15) is 22.5 Å². The van der Waals surface area contributed by atoms with Crippen LogP contribution in [0.3, 0.4) is 0 Å². The normalized spacial score (nSPS) is 9.53. The summed E-state index contributed by atoms with van der Waals surface area (Å²) < 4.78 is 0. The molecule has 0 fully saturated rings. The Bertz CT molecular complexity index is 452. The number of nitrogens with two attached hydrogens (primary N) is 1. The standard InChI is InChI=1S/C11H15N5O/c1-8-6-9(7-10(14-8)15-13)11(17)16(2)5-3-4-12/h6-7H,3,5,13H2,1-2H3,(H,14,15). The second-order valence-electron chi connectivity index (χ2n) is 3.66. The fraction of sp³-hybridized carbons (Fsp3) is 0.364. The number of hydrogen-bond acceptors (Lipinski definition) is 5. The molecule has 1 aromatic rings. The highest BCUT2D eigenvalue weighted by Gasteiger charge is 2.12. The third-order valence-electron chi connectivity index (χ3n) is 2.25. The minimum absolute atomic E-state index is 0.151. The predicted molar refractivity (Wildman–Crippen MR) is 64.0 cm³/mol. The van der Waals surface area contributed by atoms with E-state index in [9.17, 15) is 4.79 Å². The van der Waals surface area contributed by atoms with E-state index in [1.807, 2.05) is 6.07 Å². The molecule has 17 heavy (non-hydrogen) atoms. The molecule has 1 rings (SSSR count). The van der Waals surface area contributed by atoms with Crippen LogP contribution in [0.4, 0.5) is 5.82 Å². The smallest absolute Gasteiger partial charge is 0.253 e. The van der Waals surface area contributed by atoms with Crippen LogP contribution in [-0.2, 0) is 0 Å². The Morgan fingerprint density at radius 2 is 2.35 bits per heavy atom. The molecule has 1 aromatic heterocycles. The zero-order chi connectivity index (χ0) is 12.8. The van der Waals surface area contributed by atoms with Crippen molar-refractivity contribution in [1.82, 2.24) is 9.88 Å². The number of nitriles is 1. The molecule has 0 spiro atoms. The van der Waals surface area contributed by atoms with Crippen molar-refractivity contribution in [2.24, 2.45) is 5.84 Å². The topological polar surface area (TPSA) is 95.0 Å². The number of nitrogen functional groups attached to an aromatic ring is 1. The molecule has 3 N–H and O–H groups in total. The molecule has 0 unspecified atom stereocenters. The van der Waals surface area contributed by atoms with Gasteiger partial charge in [-0.25, -0.2) is 10.8 Å². The molecular weight excluding hydrogens is 218 g/mol. The molecule has 0 atom stereocenters. The minimum Gasteiger partial charge on any atom is -0.341 e. The van der Waals surface area contributed by atoms with Crippen molar-refractivity contribution in [3.8, 4) is 6.07 Å². The van der Waals surface area contributed by atoms with E-state index >= 15 is 0 Å².